The first kappa shape index (κ1) is 15.1. The molecular formula is C10H12NO7P. The number of hydrogen-bond donors (Lipinski definition) is 1. The minimum Gasteiger partial charge on any atom is -0.478 e. The molecule has 0 aliphatic carbocycles. The summed E-state index contributed by atoms with van der Waals surface area (Å²) in [7, 11) is -3.45. The molecule has 1 aromatic carbocycles. The molecular weight excluding hydrogens is 277 g/mol. The zero-order chi connectivity index (χ0) is 14.6. The van der Waals surface area contributed by atoms with Gasteiger partial charge in [0.05, 0.1) is 11.5 Å². The third-order valence-corrected chi connectivity index (χ3v) is 3.29. The molecule has 0 bridgehead atoms. The Hall–Kier alpha value is -1.92. The van der Waals surface area contributed by atoms with Crippen LogP contribution in [0.5, 0.6) is 5.75 Å². The Morgan fingerprint density at radius 1 is 1.53 bits per heavy atom. The van der Waals surface area contributed by atoms with E-state index in [9.17, 15) is 19.5 Å². The van der Waals surface area contributed by atoms with Crippen LogP contribution in [-0.2, 0) is 9.09 Å². The number of carboxylic acid groups (broad SMARTS) is 1. The van der Waals surface area contributed by atoms with Crippen LogP contribution in [0.3, 0.4) is 0 Å². The zero-order valence-corrected chi connectivity index (χ0v) is 11.1. The highest BCUT2D eigenvalue weighted by Crippen LogP contribution is 2.45. The van der Waals surface area contributed by atoms with Crippen molar-refractivity contribution < 1.29 is 28.4 Å². The first-order valence-electron chi connectivity index (χ1n) is 5.20. The molecule has 0 radical (unpaired) electrons. The molecule has 9 heteroatoms. The summed E-state index contributed by atoms with van der Waals surface area (Å²) < 4.78 is 21.7. The van der Waals surface area contributed by atoms with Crippen LogP contribution >= 0.6 is 7.60 Å². The number of nitro benzene ring substituents is 1. The minimum atomic E-state index is -3.45. The number of non-ortho nitro benzene ring substituents is 1. The Labute approximate surface area is 108 Å². The molecule has 0 aromatic heterocycles. The maximum atomic E-state index is 11.8. The monoisotopic (exact) mass is 289 g/mol. The summed E-state index contributed by atoms with van der Waals surface area (Å²) in [5.41, 5.74) is -0.844. The van der Waals surface area contributed by atoms with Crippen LogP contribution in [0.15, 0.2) is 18.2 Å². The van der Waals surface area contributed by atoms with Gasteiger partial charge in [-0.25, -0.2) is 9.36 Å². The second kappa shape index (κ2) is 5.81. The van der Waals surface area contributed by atoms with Crippen LogP contribution in [-0.4, -0.2) is 29.3 Å². The molecule has 1 atom stereocenters. The third-order valence-electron chi connectivity index (χ3n) is 2.03. The Kier molecular flexibility index (Phi) is 4.63. The summed E-state index contributed by atoms with van der Waals surface area (Å²) >= 11 is 0. The van der Waals surface area contributed by atoms with E-state index in [4.69, 9.17) is 14.2 Å². The lowest BCUT2D eigenvalue weighted by Gasteiger charge is -2.15. The van der Waals surface area contributed by atoms with Crippen molar-refractivity contribution in [2.45, 2.75) is 6.92 Å². The molecule has 0 heterocycles. The van der Waals surface area contributed by atoms with Gasteiger partial charge in [0.15, 0.2) is 0 Å². The largest absolute Gasteiger partial charge is 0.478 e. The number of carboxylic acids is 1. The molecule has 0 aliphatic heterocycles. The van der Waals surface area contributed by atoms with E-state index in [0.717, 1.165) is 18.2 Å². The highest BCUT2D eigenvalue weighted by Gasteiger charge is 2.23. The van der Waals surface area contributed by atoms with E-state index in [1.165, 1.54) is 6.66 Å². The highest BCUT2D eigenvalue weighted by molar-refractivity contribution is 7.53. The summed E-state index contributed by atoms with van der Waals surface area (Å²) in [6.07, 6.45) is 0. The van der Waals surface area contributed by atoms with Crippen molar-refractivity contribution in [1.82, 2.24) is 0 Å². The van der Waals surface area contributed by atoms with E-state index in [1.807, 2.05) is 0 Å². The SMILES string of the molecule is CCOP(C)(=O)Oc1ccc([N+](=O)[O-])cc1C(=O)O. The normalized spacial score (nSPS) is 13.6. The van der Waals surface area contributed by atoms with Crippen LogP contribution in [0.4, 0.5) is 5.69 Å². The first-order chi connectivity index (χ1) is 8.76. The Morgan fingerprint density at radius 3 is 2.63 bits per heavy atom. The predicted octanol–water partition coefficient (Wildman–Crippen LogP) is 2.53. The third kappa shape index (κ3) is 4.04. The van der Waals surface area contributed by atoms with E-state index in [-0.39, 0.29) is 12.4 Å². The first-order valence-corrected chi connectivity index (χ1v) is 7.19. The zero-order valence-electron chi connectivity index (χ0n) is 10.2. The fourth-order valence-corrected chi connectivity index (χ4v) is 2.36. The van der Waals surface area contributed by atoms with Gasteiger partial charge in [-0.2, -0.15) is 0 Å². The maximum absolute atomic E-state index is 11.8. The van der Waals surface area contributed by atoms with Crippen LogP contribution in [0.25, 0.3) is 0 Å². The average Bonchev–Trinajstić information content (AvgIpc) is 2.27. The summed E-state index contributed by atoms with van der Waals surface area (Å²) in [4.78, 5) is 20.8. The van der Waals surface area contributed by atoms with Crippen LogP contribution in [0.1, 0.15) is 17.3 Å². The molecule has 1 aromatic rings. The molecule has 1 rings (SSSR count). The number of nitrogens with zero attached hydrogens (tertiary/aromatic N) is 1. The predicted molar refractivity (Wildman–Crippen MR) is 65.8 cm³/mol. The minimum absolute atomic E-state index is 0.128. The molecule has 0 amide bonds. The fourth-order valence-electron chi connectivity index (χ4n) is 1.32. The van der Waals surface area contributed by atoms with Crippen LogP contribution in [0, 0.1) is 10.1 Å². The van der Waals surface area contributed by atoms with Crippen molar-refractivity contribution >= 4 is 19.3 Å². The lowest BCUT2D eigenvalue weighted by molar-refractivity contribution is -0.384. The summed E-state index contributed by atoms with van der Waals surface area (Å²) in [6, 6.07) is 2.98. The van der Waals surface area contributed by atoms with Gasteiger partial charge in [0, 0.05) is 18.8 Å². The molecule has 19 heavy (non-hydrogen) atoms. The van der Waals surface area contributed by atoms with Gasteiger partial charge >= 0.3 is 13.6 Å². The standard InChI is InChI=1S/C10H12NO7P/c1-3-17-19(2,16)18-9-5-4-7(11(14)15)6-8(9)10(12)13/h4-6H,3H2,1-2H3,(H,12,13). The summed E-state index contributed by atoms with van der Waals surface area (Å²) in [5.74, 6) is -1.66. The molecule has 0 fully saturated rings. The highest BCUT2D eigenvalue weighted by atomic mass is 31.2. The van der Waals surface area contributed by atoms with Crippen molar-refractivity contribution in [1.29, 1.82) is 0 Å². The number of rotatable bonds is 6. The summed E-state index contributed by atoms with van der Waals surface area (Å²) in [6.45, 7) is 2.92. The lowest BCUT2D eigenvalue weighted by atomic mass is 10.2. The number of nitro groups is 1. The van der Waals surface area contributed by atoms with E-state index < -0.39 is 29.7 Å². The fraction of sp³-hybridized carbons (Fsp3) is 0.300. The van der Waals surface area contributed by atoms with Gasteiger partial charge in [0.2, 0.25) is 0 Å². The average molecular weight is 289 g/mol. The Balaban J connectivity index is 3.18. The van der Waals surface area contributed by atoms with Crippen LogP contribution < -0.4 is 4.52 Å². The van der Waals surface area contributed by atoms with Crippen molar-refractivity contribution in [2.75, 3.05) is 13.3 Å². The van der Waals surface area contributed by atoms with Gasteiger partial charge < -0.3 is 14.2 Å². The van der Waals surface area contributed by atoms with E-state index in [2.05, 4.69) is 0 Å². The Morgan fingerprint density at radius 2 is 2.16 bits per heavy atom. The molecule has 104 valence electrons. The molecule has 0 saturated carbocycles. The van der Waals surface area contributed by atoms with Crippen molar-refractivity contribution in [2.24, 2.45) is 0 Å². The molecule has 0 aliphatic rings. The second-order valence-corrected chi connectivity index (χ2v) is 5.51. The Bertz CT molecular complexity index is 557. The molecule has 1 N–H and O–H groups in total. The number of carbonyl (C=O) groups is 1. The number of hydrogen-bond acceptors (Lipinski definition) is 6. The number of benzene rings is 1. The van der Waals surface area contributed by atoms with Crippen molar-refractivity contribution in [3.05, 3.63) is 33.9 Å². The van der Waals surface area contributed by atoms with Gasteiger partial charge in [0.1, 0.15) is 11.3 Å². The van der Waals surface area contributed by atoms with Crippen molar-refractivity contribution in [3.63, 3.8) is 0 Å². The smallest absolute Gasteiger partial charge is 0.376 e. The molecule has 0 saturated heterocycles. The second-order valence-electron chi connectivity index (χ2n) is 3.52. The van der Waals surface area contributed by atoms with Gasteiger partial charge in [0.25, 0.3) is 5.69 Å². The quantitative estimate of drug-likeness (QED) is 0.485. The summed E-state index contributed by atoms with van der Waals surface area (Å²) in [5, 5.41) is 19.5. The van der Waals surface area contributed by atoms with Crippen LogP contribution in [0.2, 0.25) is 0 Å². The number of aromatic carboxylic acids is 1. The lowest BCUT2D eigenvalue weighted by Crippen LogP contribution is -2.04. The molecule has 1 unspecified atom stereocenters. The van der Waals surface area contributed by atoms with E-state index in [1.54, 1.807) is 6.92 Å². The van der Waals surface area contributed by atoms with Gasteiger partial charge in [-0.05, 0) is 13.0 Å². The molecule has 8 nitrogen and oxygen atoms in total. The van der Waals surface area contributed by atoms with Gasteiger partial charge in [-0.3, -0.25) is 10.1 Å². The maximum Gasteiger partial charge on any atom is 0.376 e. The van der Waals surface area contributed by atoms with Crippen molar-refractivity contribution in [3.8, 4) is 5.75 Å². The van der Waals surface area contributed by atoms with E-state index >= 15 is 0 Å². The van der Waals surface area contributed by atoms with E-state index in [0.29, 0.717) is 0 Å². The molecule has 0 spiro atoms. The van der Waals surface area contributed by atoms with Gasteiger partial charge in [-0.15, -0.1) is 0 Å². The van der Waals surface area contributed by atoms with Gasteiger partial charge in [-0.1, -0.05) is 0 Å². The topological polar surface area (TPSA) is 116 Å².